The van der Waals surface area contributed by atoms with Crippen molar-refractivity contribution in [1.29, 1.82) is 0 Å². The lowest BCUT2D eigenvalue weighted by molar-refractivity contribution is 0.0846. The Morgan fingerprint density at radius 3 is 2.30 bits per heavy atom. The number of carbonyl (C=O) groups is 2. The van der Waals surface area contributed by atoms with Crippen molar-refractivity contribution in [3.63, 3.8) is 0 Å². The van der Waals surface area contributed by atoms with Gasteiger partial charge in [0.05, 0.1) is 6.61 Å². The fraction of sp³-hybridized carbons (Fsp3) is 0.300. The lowest BCUT2D eigenvalue weighted by Crippen LogP contribution is -2.41. The predicted octanol–water partition coefficient (Wildman–Crippen LogP) is 2.92. The van der Waals surface area contributed by atoms with Gasteiger partial charge in [0.1, 0.15) is 5.75 Å². The third-order valence-electron chi connectivity index (χ3n) is 4.00. The molecule has 0 saturated carbocycles. The van der Waals surface area contributed by atoms with Crippen molar-refractivity contribution in [2.45, 2.75) is 20.3 Å². The van der Waals surface area contributed by atoms with E-state index in [2.05, 4.69) is 24.7 Å². The van der Waals surface area contributed by atoms with Crippen molar-refractivity contribution < 1.29 is 23.8 Å². The number of fused-ring (bicyclic) bond motifs is 1. The van der Waals surface area contributed by atoms with Crippen LogP contribution in [0.3, 0.4) is 0 Å². The van der Waals surface area contributed by atoms with Crippen LogP contribution in [0.5, 0.6) is 17.2 Å². The van der Waals surface area contributed by atoms with Crippen LogP contribution in [0.25, 0.3) is 0 Å². The molecule has 2 aromatic rings. The molecule has 27 heavy (non-hydrogen) atoms. The van der Waals surface area contributed by atoms with Gasteiger partial charge in [0.2, 0.25) is 6.79 Å². The van der Waals surface area contributed by atoms with Gasteiger partial charge in [-0.25, -0.2) is 0 Å². The summed E-state index contributed by atoms with van der Waals surface area (Å²) in [5.41, 5.74) is 5.54. The number of carbonyl (C=O) groups excluding carboxylic acids is 2. The maximum Gasteiger partial charge on any atom is 0.269 e. The Kier molecular flexibility index (Phi) is 5.80. The van der Waals surface area contributed by atoms with Crippen LogP contribution < -0.4 is 25.1 Å². The van der Waals surface area contributed by atoms with Crippen molar-refractivity contribution in [2.75, 3.05) is 13.4 Å². The van der Waals surface area contributed by atoms with Crippen LogP contribution in [-0.4, -0.2) is 25.2 Å². The number of ether oxygens (including phenoxy) is 3. The molecule has 7 heteroatoms. The Morgan fingerprint density at radius 2 is 1.59 bits per heavy atom. The van der Waals surface area contributed by atoms with E-state index < -0.39 is 11.8 Å². The number of benzene rings is 2. The van der Waals surface area contributed by atoms with Gasteiger partial charge in [0, 0.05) is 11.1 Å². The molecule has 2 amide bonds. The second-order valence-electron chi connectivity index (χ2n) is 6.53. The third-order valence-corrected chi connectivity index (χ3v) is 4.00. The van der Waals surface area contributed by atoms with Crippen LogP contribution >= 0.6 is 0 Å². The summed E-state index contributed by atoms with van der Waals surface area (Å²) in [6.45, 7) is 5.03. The highest BCUT2D eigenvalue weighted by molar-refractivity contribution is 5.99. The van der Waals surface area contributed by atoms with E-state index in [4.69, 9.17) is 14.2 Å². The molecule has 1 aliphatic rings. The van der Waals surface area contributed by atoms with Gasteiger partial charge in [-0.1, -0.05) is 13.8 Å². The molecule has 3 rings (SSSR count). The number of hydrazine groups is 1. The Morgan fingerprint density at radius 1 is 0.963 bits per heavy atom. The highest BCUT2D eigenvalue weighted by atomic mass is 16.7. The SMILES string of the molecule is CC(C)CCOc1ccc(C(=O)NNC(=O)c2ccc3c(c2)OCO3)cc1. The second kappa shape index (κ2) is 8.44. The largest absolute Gasteiger partial charge is 0.494 e. The van der Waals surface area contributed by atoms with E-state index in [0.29, 0.717) is 40.9 Å². The summed E-state index contributed by atoms with van der Waals surface area (Å²) in [7, 11) is 0. The highest BCUT2D eigenvalue weighted by Gasteiger charge is 2.16. The molecule has 0 aromatic heterocycles. The first-order valence-electron chi connectivity index (χ1n) is 8.76. The van der Waals surface area contributed by atoms with Crippen LogP contribution in [-0.2, 0) is 0 Å². The fourth-order valence-electron chi connectivity index (χ4n) is 2.41. The topological polar surface area (TPSA) is 85.9 Å². The number of rotatable bonds is 6. The molecular weight excluding hydrogens is 348 g/mol. The molecule has 0 aliphatic carbocycles. The molecule has 0 radical (unpaired) electrons. The summed E-state index contributed by atoms with van der Waals surface area (Å²) in [6, 6.07) is 11.6. The molecule has 0 bridgehead atoms. The minimum Gasteiger partial charge on any atom is -0.494 e. The van der Waals surface area contributed by atoms with Gasteiger partial charge < -0.3 is 14.2 Å². The van der Waals surface area contributed by atoms with Crippen LogP contribution in [0.2, 0.25) is 0 Å². The van der Waals surface area contributed by atoms with Crippen molar-refractivity contribution in [1.82, 2.24) is 10.9 Å². The zero-order valence-electron chi connectivity index (χ0n) is 15.3. The third kappa shape index (κ3) is 4.91. The van der Waals surface area contributed by atoms with Crippen molar-refractivity contribution >= 4 is 11.8 Å². The number of hydrogen-bond donors (Lipinski definition) is 2. The summed E-state index contributed by atoms with van der Waals surface area (Å²) in [5, 5.41) is 0. The lowest BCUT2D eigenvalue weighted by Gasteiger charge is -2.10. The first kappa shape index (κ1) is 18.6. The van der Waals surface area contributed by atoms with Gasteiger partial charge in [-0.15, -0.1) is 0 Å². The maximum absolute atomic E-state index is 12.2. The minimum absolute atomic E-state index is 0.133. The van der Waals surface area contributed by atoms with Crippen LogP contribution in [0, 0.1) is 5.92 Å². The molecule has 7 nitrogen and oxygen atoms in total. The van der Waals surface area contributed by atoms with E-state index in [0.717, 1.165) is 6.42 Å². The fourth-order valence-corrected chi connectivity index (χ4v) is 2.41. The summed E-state index contributed by atoms with van der Waals surface area (Å²) in [4.78, 5) is 24.3. The average Bonchev–Trinajstić information content (AvgIpc) is 3.14. The molecule has 2 N–H and O–H groups in total. The maximum atomic E-state index is 12.2. The molecule has 1 heterocycles. The van der Waals surface area contributed by atoms with Crippen molar-refractivity contribution in [3.8, 4) is 17.2 Å². The first-order chi connectivity index (χ1) is 13.0. The Labute approximate surface area is 157 Å². The zero-order valence-corrected chi connectivity index (χ0v) is 15.3. The number of nitrogens with one attached hydrogen (secondary N) is 2. The van der Waals surface area contributed by atoms with E-state index >= 15 is 0 Å². The van der Waals surface area contributed by atoms with E-state index in [-0.39, 0.29) is 6.79 Å². The van der Waals surface area contributed by atoms with E-state index in [9.17, 15) is 9.59 Å². The highest BCUT2D eigenvalue weighted by Crippen LogP contribution is 2.32. The van der Waals surface area contributed by atoms with Gasteiger partial charge in [0.25, 0.3) is 11.8 Å². The molecule has 1 aliphatic heterocycles. The molecular formula is C20H22N2O5. The Hall–Kier alpha value is -3.22. The Balaban J connectivity index is 1.50. The van der Waals surface area contributed by atoms with Crippen LogP contribution in [0.4, 0.5) is 0 Å². The van der Waals surface area contributed by atoms with E-state index in [1.165, 1.54) is 0 Å². The molecule has 2 aromatic carbocycles. The van der Waals surface area contributed by atoms with E-state index in [1.54, 1.807) is 42.5 Å². The zero-order chi connectivity index (χ0) is 19.2. The molecule has 0 fully saturated rings. The van der Waals surface area contributed by atoms with Crippen molar-refractivity contribution in [2.24, 2.45) is 5.92 Å². The normalized spacial score (nSPS) is 12.0. The summed E-state index contributed by atoms with van der Waals surface area (Å²) >= 11 is 0. The van der Waals surface area contributed by atoms with E-state index in [1.807, 2.05) is 0 Å². The summed E-state index contributed by atoms with van der Waals surface area (Å²) in [6.07, 6.45) is 0.966. The van der Waals surface area contributed by atoms with Gasteiger partial charge in [0.15, 0.2) is 11.5 Å². The standard InChI is InChI=1S/C20H22N2O5/c1-13(2)9-10-25-16-6-3-14(4-7-16)19(23)21-22-20(24)15-5-8-17-18(11-15)27-12-26-17/h3-8,11,13H,9-10,12H2,1-2H3,(H,21,23)(H,22,24). The van der Waals surface area contributed by atoms with Gasteiger partial charge in [-0.3, -0.25) is 20.4 Å². The first-order valence-corrected chi connectivity index (χ1v) is 8.76. The smallest absolute Gasteiger partial charge is 0.269 e. The minimum atomic E-state index is -0.449. The summed E-state index contributed by atoms with van der Waals surface area (Å²) < 4.78 is 16.1. The van der Waals surface area contributed by atoms with Crippen LogP contribution in [0.1, 0.15) is 41.0 Å². The average molecular weight is 370 g/mol. The molecule has 142 valence electrons. The monoisotopic (exact) mass is 370 g/mol. The quantitative estimate of drug-likeness (QED) is 0.764. The molecule has 0 atom stereocenters. The molecule has 0 saturated heterocycles. The number of amides is 2. The van der Waals surface area contributed by atoms with Gasteiger partial charge in [-0.2, -0.15) is 0 Å². The van der Waals surface area contributed by atoms with Gasteiger partial charge >= 0.3 is 0 Å². The molecule has 0 spiro atoms. The Bertz CT molecular complexity index is 818. The lowest BCUT2D eigenvalue weighted by atomic mass is 10.1. The van der Waals surface area contributed by atoms with Gasteiger partial charge in [-0.05, 0) is 54.8 Å². The summed E-state index contributed by atoms with van der Waals surface area (Å²) in [5.74, 6) is 1.50. The van der Waals surface area contributed by atoms with Crippen molar-refractivity contribution in [3.05, 3.63) is 53.6 Å². The molecule has 0 unspecified atom stereocenters. The number of hydrogen-bond acceptors (Lipinski definition) is 5. The van der Waals surface area contributed by atoms with Crippen LogP contribution in [0.15, 0.2) is 42.5 Å². The predicted molar refractivity (Wildman–Crippen MR) is 98.9 cm³/mol. The second-order valence-corrected chi connectivity index (χ2v) is 6.53.